The van der Waals surface area contributed by atoms with E-state index >= 15 is 0 Å². The first kappa shape index (κ1) is 20.7. The minimum Gasteiger partial charge on any atom is -0.423 e. The molecular formula is C23H24N4O4. The molecule has 0 unspecified atom stereocenters. The van der Waals surface area contributed by atoms with Gasteiger partial charge in [-0.25, -0.2) is 4.98 Å². The van der Waals surface area contributed by atoms with Crippen LogP contribution in [0.3, 0.4) is 0 Å². The predicted molar refractivity (Wildman–Crippen MR) is 118 cm³/mol. The average Bonchev–Trinajstić information content (AvgIpc) is 3.33. The summed E-state index contributed by atoms with van der Waals surface area (Å²) in [6.07, 6.45) is 1.65. The first-order valence-electron chi connectivity index (χ1n) is 10.3. The van der Waals surface area contributed by atoms with E-state index in [9.17, 15) is 9.59 Å². The van der Waals surface area contributed by atoms with E-state index in [1.807, 2.05) is 48.9 Å². The van der Waals surface area contributed by atoms with Crippen molar-refractivity contribution < 1.29 is 18.7 Å². The molecule has 0 bridgehead atoms. The molecule has 0 aliphatic carbocycles. The van der Waals surface area contributed by atoms with E-state index in [4.69, 9.17) is 9.15 Å². The maximum atomic E-state index is 12.5. The number of benzene rings is 2. The number of para-hydroxylation sites is 2. The summed E-state index contributed by atoms with van der Waals surface area (Å²) >= 11 is 0. The predicted octanol–water partition coefficient (Wildman–Crippen LogP) is 4.42. The fourth-order valence-electron chi connectivity index (χ4n) is 3.30. The zero-order valence-corrected chi connectivity index (χ0v) is 17.6. The summed E-state index contributed by atoms with van der Waals surface area (Å²) in [6, 6.07) is 13.2. The van der Waals surface area contributed by atoms with E-state index < -0.39 is 0 Å². The number of Topliss-reactive ketones (excluding diaryl/α,β-unsaturated/α-hetero) is 2. The molecule has 0 aliphatic rings. The highest BCUT2D eigenvalue weighted by Gasteiger charge is 2.14. The van der Waals surface area contributed by atoms with Crippen molar-refractivity contribution in [3.8, 4) is 0 Å². The SMILES string of the molecule is CCC(=O)CCCOCC(=O)c1ccc2c(c1)nc(Nc1nc3ccccc3o1)n2C. The summed E-state index contributed by atoms with van der Waals surface area (Å²) in [5.41, 5.74) is 3.53. The molecule has 1 N–H and O–H groups in total. The number of rotatable bonds is 10. The first-order chi connectivity index (χ1) is 15.0. The average molecular weight is 420 g/mol. The number of carbonyl (C=O) groups is 2. The van der Waals surface area contributed by atoms with Crippen LogP contribution in [0.4, 0.5) is 12.0 Å². The molecule has 0 aliphatic heterocycles. The minimum atomic E-state index is -0.122. The maximum Gasteiger partial charge on any atom is 0.302 e. The molecule has 2 aromatic heterocycles. The maximum absolute atomic E-state index is 12.5. The molecule has 2 heterocycles. The number of fused-ring (bicyclic) bond motifs is 2. The van der Waals surface area contributed by atoms with Crippen molar-refractivity contribution in [3.63, 3.8) is 0 Å². The van der Waals surface area contributed by atoms with Crippen LogP contribution in [-0.4, -0.2) is 39.3 Å². The second kappa shape index (κ2) is 9.09. The summed E-state index contributed by atoms with van der Waals surface area (Å²) in [4.78, 5) is 32.7. The standard InChI is InChI=1S/C23H24N4O4/c1-3-16(28)7-6-12-30-14-20(29)15-10-11-19-18(13-15)24-22(27(19)2)26-23-25-17-8-4-5-9-21(17)31-23/h4-5,8-11,13H,3,6-7,12,14H2,1-2H3,(H,24,25,26). The Bertz CT molecular complexity index is 1210. The number of ketones is 2. The van der Waals surface area contributed by atoms with Crippen LogP contribution in [0.1, 0.15) is 36.5 Å². The Labute approximate surface area is 179 Å². The van der Waals surface area contributed by atoms with E-state index in [0.717, 1.165) is 11.0 Å². The number of oxazole rings is 1. The van der Waals surface area contributed by atoms with Gasteiger partial charge in [-0.2, -0.15) is 4.98 Å². The second-order valence-electron chi connectivity index (χ2n) is 7.28. The number of nitrogens with zero attached hydrogens (tertiary/aromatic N) is 3. The number of carbonyl (C=O) groups excluding carboxylic acids is 2. The van der Waals surface area contributed by atoms with Crippen LogP contribution in [-0.2, 0) is 16.6 Å². The Morgan fingerprint density at radius 1 is 1.13 bits per heavy atom. The third-order valence-corrected chi connectivity index (χ3v) is 5.09. The van der Waals surface area contributed by atoms with Gasteiger partial charge in [0.25, 0.3) is 0 Å². The molecule has 0 radical (unpaired) electrons. The van der Waals surface area contributed by atoms with Gasteiger partial charge in [0.1, 0.15) is 17.9 Å². The van der Waals surface area contributed by atoms with Gasteiger partial charge in [-0.3, -0.25) is 14.9 Å². The minimum absolute atomic E-state index is 0.0212. The highest BCUT2D eigenvalue weighted by atomic mass is 16.5. The number of imidazole rings is 1. The molecule has 0 atom stereocenters. The summed E-state index contributed by atoms with van der Waals surface area (Å²) in [7, 11) is 1.88. The Balaban J connectivity index is 1.43. The zero-order valence-electron chi connectivity index (χ0n) is 17.6. The number of aromatic nitrogens is 3. The van der Waals surface area contributed by atoms with Crippen molar-refractivity contribution in [2.45, 2.75) is 26.2 Å². The monoisotopic (exact) mass is 420 g/mol. The van der Waals surface area contributed by atoms with Crippen LogP contribution in [0.2, 0.25) is 0 Å². The van der Waals surface area contributed by atoms with Gasteiger partial charge >= 0.3 is 6.01 Å². The van der Waals surface area contributed by atoms with Crippen molar-refractivity contribution in [1.29, 1.82) is 0 Å². The third kappa shape index (κ3) is 4.64. The van der Waals surface area contributed by atoms with Crippen LogP contribution >= 0.6 is 0 Å². The Morgan fingerprint density at radius 2 is 1.97 bits per heavy atom. The molecule has 0 saturated carbocycles. The van der Waals surface area contributed by atoms with E-state index in [1.165, 1.54) is 0 Å². The highest BCUT2D eigenvalue weighted by Crippen LogP contribution is 2.25. The molecule has 31 heavy (non-hydrogen) atoms. The highest BCUT2D eigenvalue weighted by molar-refractivity contribution is 6.00. The molecule has 0 saturated heterocycles. The number of nitrogens with one attached hydrogen (secondary N) is 1. The Morgan fingerprint density at radius 3 is 2.77 bits per heavy atom. The van der Waals surface area contributed by atoms with E-state index in [2.05, 4.69) is 15.3 Å². The molecule has 0 spiro atoms. The molecule has 0 fully saturated rings. The van der Waals surface area contributed by atoms with E-state index in [-0.39, 0.29) is 18.2 Å². The van der Waals surface area contributed by atoms with Crippen LogP contribution < -0.4 is 5.32 Å². The van der Waals surface area contributed by atoms with Crippen LogP contribution in [0.25, 0.3) is 22.1 Å². The Kier molecular flexibility index (Phi) is 6.08. The van der Waals surface area contributed by atoms with E-state index in [1.54, 1.807) is 12.1 Å². The summed E-state index contributed by atoms with van der Waals surface area (Å²) in [5.74, 6) is 0.642. The molecular weight excluding hydrogens is 396 g/mol. The largest absolute Gasteiger partial charge is 0.423 e. The van der Waals surface area contributed by atoms with Gasteiger partial charge in [-0.1, -0.05) is 19.1 Å². The fraction of sp³-hybridized carbons (Fsp3) is 0.304. The lowest BCUT2D eigenvalue weighted by Crippen LogP contribution is -2.10. The lowest BCUT2D eigenvalue weighted by Gasteiger charge is -2.04. The molecule has 8 nitrogen and oxygen atoms in total. The lowest BCUT2D eigenvalue weighted by molar-refractivity contribution is -0.119. The summed E-state index contributed by atoms with van der Waals surface area (Å²) in [5, 5.41) is 3.10. The van der Waals surface area contributed by atoms with Crippen LogP contribution in [0.15, 0.2) is 46.9 Å². The van der Waals surface area contributed by atoms with Gasteiger partial charge in [-0.15, -0.1) is 0 Å². The van der Waals surface area contributed by atoms with Gasteiger partial charge < -0.3 is 13.7 Å². The number of hydrogen-bond donors (Lipinski definition) is 1. The Hall–Kier alpha value is -3.52. The normalized spacial score (nSPS) is 11.3. The number of ether oxygens (including phenoxy) is 1. The van der Waals surface area contributed by atoms with E-state index in [0.29, 0.717) is 54.5 Å². The molecule has 8 heteroatoms. The number of aryl methyl sites for hydroxylation is 1. The molecule has 4 aromatic rings. The second-order valence-corrected chi connectivity index (χ2v) is 7.28. The molecule has 0 amide bonds. The topological polar surface area (TPSA) is 99.2 Å². The number of anilines is 2. The van der Waals surface area contributed by atoms with Crippen molar-refractivity contribution in [2.75, 3.05) is 18.5 Å². The fourth-order valence-corrected chi connectivity index (χ4v) is 3.30. The molecule has 4 rings (SSSR count). The quantitative estimate of drug-likeness (QED) is 0.299. The van der Waals surface area contributed by atoms with Crippen LogP contribution in [0, 0.1) is 0 Å². The van der Waals surface area contributed by atoms with Gasteiger partial charge in [0.15, 0.2) is 11.4 Å². The van der Waals surface area contributed by atoms with Crippen molar-refractivity contribution >= 4 is 45.7 Å². The van der Waals surface area contributed by atoms with Gasteiger partial charge in [0, 0.05) is 32.1 Å². The first-order valence-corrected chi connectivity index (χ1v) is 10.3. The lowest BCUT2D eigenvalue weighted by atomic mass is 10.1. The van der Waals surface area contributed by atoms with Gasteiger partial charge in [-0.05, 0) is 36.8 Å². The summed E-state index contributed by atoms with van der Waals surface area (Å²) < 4.78 is 13.0. The van der Waals surface area contributed by atoms with Gasteiger partial charge in [0.05, 0.1) is 11.0 Å². The van der Waals surface area contributed by atoms with Crippen molar-refractivity contribution in [1.82, 2.24) is 14.5 Å². The molecule has 160 valence electrons. The smallest absolute Gasteiger partial charge is 0.302 e. The van der Waals surface area contributed by atoms with Crippen LogP contribution in [0.5, 0.6) is 0 Å². The summed E-state index contributed by atoms with van der Waals surface area (Å²) in [6.45, 7) is 2.21. The van der Waals surface area contributed by atoms with Crippen molar-refractivity contribution in [3.05, 3.63) is 48.0 Å². The van der Waals surface area contributed by atoms with Crippen molar-refractivity contribution in [2.24, 2.45) is 7.05 Å². The zero-order chi connectivity index (χ0) is 21.8. The molecule has 2 aromatic carbocycles. The third-order valence-electron chi connectivity index (χ3n) is 5.09. The number of hydrogen-bond acceptors (Lipinski definition) is 7. The van der Waals surface area contributed by atoms with Gasteiger partial charge in [0.2, 0.25) is 5.95 Å².